The van der Waals surface area contributed by atoms with E-state index in [0.717, 1.165) is 66.7 Å². The number of nitrogens with one attached hydrogen (secondary N) is 1. The molecule has 0 saturated heterocycles. The summed E-state index contributed by atoms with van der Waals surface area (Å²) in [6.07, 6.45) is 13.2. The van der Waals surface area contributed by atoms with E-state index in [1.807, 2.05) is 24.5 Å². The van der Waals surface area contributed by atoms with Gasteiger partial charge in [-0.25, -0.2) is 18.5 Å². The lowest BCUT2D eigenvalue weighted by atomic mass is 9.86. The third-order valence-electron chi connectivity index (χ3n) is 6.51. The Hall–Kier alpha value is -2.48. The van der Waals surface area contributed by atoms with Gasteiger partial charge in [0, 0.05) is 59.5 Å². The number of nitrogens with zero attached hydrogens (tertiary/aromatic N) is 5. The molecule has 3 aromatic rings. The lowest BCUT2D eigenvalue weighted by molar-refractivity contribution is 0.342. The van der Waals surface area contributed by atoms with Crippen LogP contribution in [0.4, 0.5) is 5.82 Å². The van der Waals surface area contributed by atoms with E-state index in [1.54, 1.807) is 12.5 Å². The normalized spacial score (nSPS) is 20.7. The van der Waals surface area contributed by atoms with E-state index >= 15 is 0 Å². The fourth-order valence-corrected chi connectivity index (χ4v) is 7.20. The summed E-state index contributed by atoms with van der Waals surface area (Å²) in [4.78, 5) is 18.5. The van der Waals surface area contributed by atoms with Gasteiger partial charge in [-0.05, 0) is 62.1 Å². The maximum absolute atomic E-state index is 13.7. The molecule has 3 heterocycles. The van der Waals surface area contributed by atoms with E-state index in [0.29, 0.717) is 24.3 Å². The second-order valence-electron chi connectivity index (χ2n) is 8.83. The van der Waals surface area contributed by atoms with Crippen LogP contribution in [0.5, 0.6) is 0 Å². The Kier molecular flexibility index (Phi) is 7.40. The van der Waals surface area contributed by atoms with Crippen LogP contribution in [0.15, 0.2) is 47.5 Å². The quantitative estimate of drug-likeness (QED) is 0.515. The van der Waals surface area contributed by atoms with Crippen LogP contribution in [0.25, 0.3) is 11.0 Å². The predicted molar refractivity (Wildman–Crippen MR) is 131 cm³/mol. The van der Waals surface area contributed by atoms with Crippen molar-refractivity contribution in [1.82, 2.24) is 19.9 Å². The lowest BCUT2D eigenvalue weighted by Gasteiger charge is -2.35. The highest BCUT2D eigenvalue weighted by Gasteiger charge is 2.28. The zero-order valence-corrected chi connectivity index (χ0v) is 19.9. The van der Waals surface area contributed by atoms with Crippen LogP contribution < -0.4 is 4.90 Å². The van der Waals surface area contributed by atoms with Gasteiger partial charge in [0.1, 0.15) is 17.8 Å². The highest BCUT2D eigenvalue weighted by molar-refractivity contribution is 7.93. The van der Waals surface area contributed by atoms with Crippen molar-refractivity contribution < 1.29 is 4.21 Å². The number of H-pyrrole nitrogens is 1. The molecule has 1 N–H and O–H groups in total. The molecule has 0 spiro atoms. The Labute approximate surface area is 191 Å². The molecule has 8 heteroatoms. The van der Waals surface area contributed by atoms with Gasteiger partial charge in [-0.2, -0.15) is 0 Å². The van der Waals surface area contributed by atoms with E-state index in [2.05, 4.69) is 49.2 Å². The first-order valence-corrected chi connectivity index (χ1v) is 13.5. The molecule has 0 radical (unpaired) electrons. The minimum atomic E-state index is -2.20. The van der Waals surface area contributed by atoms with Crippen LogP contribution in [0, 0.1) is 5.92 Å². The number of aryl methyl sites for hydroxylation is 1. The average Bonchev–Trinajstić information content (AvgIpc) is 3.31. The Balaban J connectivity index is 1.37. The van der Waals surface area contributed by atoms with Gasteiger partial charge in [-0.3, -0.25) is 4.98 Å². The van der Waals surface area contributed by atoms with Crippen molar-refractivity contribution in [3.8, 4) is 0 Å². The highest BCUT2D eigenvalue weighted by atomic mass is 32.2. The van der Waals surface area contributed by atoms with Gasteiger partial charge in [-0.15, -0.1) is 0 Å². The summed E-state index contributed by atoms with van der Waals surface area (Å²) >= 11 is 0. The molecule has 1 fully saturated rings. The van der Waals surface area contributed by atoms with Gasteiger partial charge < -0.3 is 9.88 Å². The summed E-state index contributed by atoms with van der Waals surface area (Å²) in [5, 5.41) is 1.06. The molecule has 0 aromatic carbocycles. The van der Waals surface area contributed by atoms with Crippen molar-refractivity contribution in [1.29, 1.82) is 0 Å². The number of fused-ring (bicyclic) bond motifs is 1. The molecule has 1 saturated carbocycles. The number of aromatic nitrogens is 4. The van der Waals surface area contributed by atoms with Gasteiger partial charge in [0.2, 0.25) is 0 Å². The number of hydrogen-bond acceptors (Lipinski definition) is 6. The second-order valence-corrected chi connectivity index (χ2v) is 11.4. The van der Waals surface area contributed by atoms with Gasteiger partial charge >= 0.3 is 0 Å². The van der Waals surface area contributed by atoms with Crippen molar-refractivity contribution in [3.63, 3.8) is 0 Å². The van der Waals surface area contributed by atoms with Crippen molar-refractivity contribution in [2.45, 2.75) is 51.5 Å². The Morgan fingerprint density at radius 3 is 2.81 bits per heavy atom. The molecule has 1 atom stereocenters. The highest BCUT2D eigenvalue weighted by Crippen LogP contribution is 2.32. The number of aromatic amines is 1. The molecule has 172 valence electrons. The molecular weight excluding hydrogens is 420 g/mol. The second kappa shape index (κ2) is 10.4. The number of rotatable bonds is 9. The monoisotopic (exact) mass is 454 g/mol. The zero-order valence-electron chi connectivity index (χ0n) is 19.1. The SMILES string of the molecule is CCCN=S(=O)(CCc1cccnc1)CC1CCC(N(C)c2ncnc3[nH]ccc23)CC1. The van der Waals surface area contributed by atoms with E-state index in [1.165, 1.54) is 0 Å². The molecule has 0 aliphatic heterocycles. The van der Waals surface area contributed by atoms with Crippen molar-refractivity contribution in [2.75, 3.05) is 30.0 Å². The summed E-state index contributed by atoms with van der Waals surface area (Å²) in [6, 6.07) is 6.48. The minimum absolute atomic E-state index is 0.443. The van der Waals surface area contributed by atoms with Crippen LogP contribution in [-0.4, -0.2) is 55.3 Å². The maximum atomic E-state index is 13.7. The minimum Gasteiger partial charge on any atom is -0.356 e. The average molecular weight is 455 g/mol. The van der Waals surface area contributed by atoms with Crippen LogP contribution >= 0.6 is 0 Å². The van der Waals surface area contributed by atoms with E-state index in [9.17, 15) is 4.21 Å². The molecule has 1 aliphatic carbocycles. The topological polar surface area (TPSA) is 87.1 Å². The first-order valence-electron chi connectivity index (χ1n) is 11.7. The van der Waals surface area contributed by atoms with E-state index < -0.39 is 9.73 Å². The molecule has 1 unspecified atom stereocenters. The Morgan fingerprint density at radius 2 is 2.06 bits per heavy atom. The number of anilines is 1. The van der Waals surface area contributed by atoms with Gasteiger partial charge in [0.05, 0.1) is 5.39 Å². The fourth-order valence-electron chi connectivity index (χ4n) is 4.66. The standard InChI is InChI=1S/C24H34N6OS/c1-3-12-29-32(31,15-11-19-5-4-13-25-16-19)17-20-6-8-21(9-7-20)30(2)24-22-10-14-26-23(22)27-18-28-24/h4-5,10,13-14,16,18,20-21H,3,6-9,11-12,15,17H2,1-2H3,(H,26,27,28). The van der Waals surface area contributed by atoms with Crippen LogP contribution in [0.2, 0.25) is 0 Å². The molecule has 32 heavy (non-hydrogen) atoms. The molecule has 3 aromatic heterocycles. The maximum Gasteiger partial charge on any atom is 0.142 e. The van der Waals surface area contributed by atoms with Crippen LogP contribution in [0.3, 0.4) is 0 Å². The number of hydrogen-bond donors (Lipinski definition) is 1. The molecule has 1 aliphatic rings. The molecule has 4 rings (SSSR count). The largest absolute Gasteiger partial charge is 0.356 e. The first kappa shape index (κ1) is 22.7. The molecule has 0 bridgehead atoms. The summed E-state index contributed by atoms with van der Waals surface area (Å²) < 4.78 is 18.4. The summed E-state index contributed by atoms with van der Waals surface area (Å²) in [5.41, 5.74) is 2.01. The van der Waals surface area contributed by atoms with Crippen LogP contribution in [-0.2, 0) is 16.1 Å². The fraction of sp³-hybridized carbons (Fsp3) is 0.542. The smallest absolute Gasteiger partial charge is 0.142 e. The summed E-state index contributed by atoms with van der Waals surface area (Å²) in [7, 11) is -0.0690. The van der Waals surface area contributed by atoms with Crippen molar-refractivity contribution in [2.24, 2.45) is 10.3 Å². The summed E-state index contributed by atoms with van der Waals surface area (Å²) in [6.45, 7) is 2.78. The van der Waals surface area contributed by atoms with E-state index in [-0.39, 0.29) is 0 Å². The van der Waals surface area contributed by atoms with Crippen LogP contribution in [0.1, 0.15) is 44.6 Å². The van der Waals surface area contributed by atoms with Gasteiger partial charge in [-0.1, -0.05) is 13.0 Å². The molecular formula is C24H34N6OS. The molecule has 7 nitrogen and oxygen atoms in total. The first-order chi connectivity index (χ1) is 15.6. The lowest BCUT2D eigenvalue weighted by Crippen LogP contribution is -2.37. The molecule has 0 amide bonds. The van der Waals surface area contributed by atoms with Crippen molar-refractivity contribution in [3.05, 3.63) is 48.7 Å². The Morgan fingerprint density at radius 1 is 1.22 bits per heavy atom. The predicted octanol–water partition coefficient (Wildman–Crippen LogP) is 4.47. The van der Waals surface area contributed by atoms with E-state index in [4.69, 9.17) is 0 Å². The zero-order chi connectivity index (χ0) is 22.4. The third kappa shape index (κ3) is 5.46. The van der Waals surface area contributed by atoms with Gasteiger partial charge in [0.25, 0.3) is 0 Å². The van der Waals surface area contributed by atoms with Crippen molar-refractivity contribution >= 4 is 26.6 Å². The summed E-state index contributed by atoms with van der Waals surface area (Å²) in [5.74, 6) is 2.81. The third-order valence-corrected chi connectivity index (χ3v) is 9.00. The number of pyridine rings is 1. The van der Waals surface area contributed by atoms with Gasteiger partial charge in [0.15, 0.2) is 0 Å². The Bertz CT molecular complexity index is 1110.